The second-order valence-electron chi connectivity index (χ2n) is 13.8. The molecule has 1 saturated heterocycles. The molecule has 0 bridgehead atoms. The van der Waals surface area contributed by atoms with E-state index < -0.39 is 24.2 Å². The van der Waals surface area contributed by atoms with Gasteiger partial charge in [-0.25, -0.2) is 9.37 Å². The van der Waals surface area contributed by atoms with Crippen molar-refractivity contribution in [3.05, 3.63) is 60.5 Å². The van der Waals surface area contributed by atoms with Gasteiger partial charge in [-0.1, -0.05) is 19.3 Å². The first-order chi connectivity index (χ1) is 21.9. The maximum absolute atomic E-state index is 16.2. The molecule has 9 atom stereocenters. The lowest BCUT2D eigenvalue weighted by Gasteiger charge is -2.62. The summed E-state index contributed by atoms with van der Waals surface area (Å²) < 4.78 is 30.3. The van der Waals surface area contributed by atoms with E-state index in [2.05, 4.69) is 14.9 Å². The number of aromatic amines is 1. The average molecular weight is 616 g/mol. The Balaban J connectivity index is 1.11. The molecule has 0 spiro atoms. The number of Topliss-reactive ketones (excluding diaryl/α,β-unsaturated/α-hetero) is 1. The van der Waals surface area contributed by atoms with Crippen molar-refractivity contribution in [1.29, 1.82) is 0 Å². The summed E-state index contributed by atoms with van der Waals surface area (Å²) in [6.07, 6.45) is 14.6. The van der Waals surface area contributed by atoms with Crippen LogP contribution >= 0.6 is 0 Å². The van der Waals surface area contributed by atoms with Crippen molar-refractivity contribution in [2.24, 2.45) is 17.8 Å². The number of methoxy groups -OCH3 is 1. The van der Waals surface area contributed by atoms with Gasteiger partial charge in [0.05, 0.1) is 43.2 Å². The number of H-pyrrole nitrogens is 1. The second-order valence-corrected chi connectivity index (χ2v) is 13.8. The number of benzene rings is 1. The van der Waals surface area contributed by atoms with E-state index in [4.69, 9.17) is 9.47 Å². The molecule has 4 fully saturated rings. The van der Waals surface area contributed by atoms with Crippen LogP contribution in [0.3, 0.4) is 0 Å². The van der Waals surface area contributed by atoms with Crippen molar-refractivity contribution in [3.8, 4) is 5.75 Å². The van der Waals surface area contributed by atoms with Crippen molar-refractivity contribution < 1.29 is 23.5 Å². The summed E-state index contributed by atoms with van der Waals surface area (Å²) in [4.78, 5) is 39.8. The number of halogens is 1. The first-order valence-corrected chi connectivity index (χ1v) is 16.6. The molecule has 3 aliphatic carbocycles. The largest absolute Gasteiger partial charge is 0.497 e. The predicted molar refractivity (Wildman–Crippen MR) is 166 cm³/mol. The highest BCUT2D eigenvalue weighted by molar-refractivity contribution is 6.20. The number of likely N-dealkylation sites (N-methyl/N-ethyl adjacent to an activating group) is 1. The van der Waals surface area contributed by atoms with Crippen molar-refractivity contribution in [2.45, 2.75) is 87.9 Å². The summed E-state index contributed by atoms with van der Waals surface area (Å²) in [5.41, 5.74) is 2.27. The van der Waals surface area contributed by atoms with E-state index in [9.17, 15) is 9.59 Å². The van der Waals surface area contributed by atoms with Gasteiger partial charge in [-0.2, -0.15) is 0 Å². The summed E-state index contributed by atoms with van der Waals surface area (Å²) in [7, 11) is 3.41. The van der Waals surface area contributed by atoms with Crippen LogP contribution in [0.15, 0.2) is 54.9 Å². The standard InChI is InChI=1S/C35H42FN5O4/c1-39(13-11-21-17-38-28-9-8-22(44-2)15-24(21)28)35(43)26-18-41-30-23-6-4-3-5-20(23)7-10-29(30)45-34-31(41)25(33(26)42)16-27(36)32(34)40-14-12-37-19-40/h8-9,12,14-15,17-20,23,25,27,29-32,34,38H,3-7,10-11,13,16H2,1-2H3. The van der Waals surface area contributed by atoms with Gasteiger partial charge in [0.25, 0.3) is 5.91 Å². The Labute approximate surface area is 262 Å². The molecule has 0 radical (unpaired) electrons. The normalized spacial score (nSPS) is 34.0. The molecule has 9 nitrogen and oxygen atoms in total. The maximum Gasteiger partial charge on any atom is 0.258 e. The van der Waals surface area contributed by atoms with Crippen LogP contribution in [0, 0.1) is 17.8 Å². The fourth-order valence-corrected chi connectivity index (χ4v) is 9.42. The van der Waals surface area contributed by atoms with Gasteiger partial charge in [0, 0.05) is 55.2 Å². The number of fused-ring (bicyclic) bond motifs is 5. The van der Waals surface area contributed by atoms with E-state index in [1.54, 1.807) is 37.8 Å². The van der Waals surface area contributed by atoms with E-state index in [0.717, 1.165) is 41.5 Å². The van der Waals surface area contributed by atoms with Crippen LogP contribution in [0.25, 0.3) is 10.9 Å². The number of amides is 1. The summed E-state index contributed by atoms with van der Waals surface area (Å²) in [6, 6.07) is 5.13. The molecule has 1 amide bonds. The first-order valence-electron chi connectivity index (χ1n) is 16.6. The van der Waals surface area contributed by atoms with Crippen molar-refractivity contribution >= 4 is 22.6 Å². The lowest BCUT2D eigenvalue weighted by Crippen LogP contribution is -2.71. The SMILES string of the molecule is COc1ccc2[nH]cc(CCN(C)C(=O)C3=CN4C5C(CCC6CCCCC65)OC5C4C(CC(F)C5n4ccnc4)C3=O)c2c1. The van der Waals surface area contributed by atoms with Crippen molar-refractivity contribution in [3.63, 3.8) is 0 Å². The molecule has 45 heavy (non-hydrogen) atoms. The lowest BCUT2D eigenvalue weighted by atomic mass is 9.63. The summed E-state index contributed by atoms with van der Waals surface area (Å²) in [5, 5.41) is 1.05. The van der Waals surface area contributed by atoms with Gasteiger partial charge < -0.3 is 28.8 Å². The minimum atomic E-state index is -1.29. The minimum absolute atomic E-state index is 0.0556. The zero-order valence-electron chi connectivity index (χ0n) is 26.0. The molecule has 1 N–H and O–H groups in total. The number of carbonyl (C=O) groups excluding carboxylic acids is 2. The van der Waals surface area contributed by atoms with Crippen LogP contribution in [0.2, 0.25) is 0 Å². The fourth-order valence-electron chi connectivity index (χ4n) is 9.42. The number of hydrogen-bond donors (Lipinski definition) is 1. The number of carbonyl (C=O) groups is 2. The van der Waals surface area contributed by atoms with Gasteiger partial charge in [-0.15, -0.1) is 0 Å². The second kappa shape index (κ2) is 11.3. The number of ether oxygens (including phenoxy) is 2. The first kappa shape index (κ1) is 28.8. The quantitative estimate of drug-likeness (QED) is 0.399. The zero-order valence-corrected chi connectivity index (χ0v) is 26.0. The third-order valence-corrected chi connectivity index (χ3v) is 11.6. The molecular formula is C35H42FN5O4. The van der Waals surface area contributed by atoms with Gasteiger partial charge in [-0.3, -0.25) is 9.59 Å². The number of alkyl halides is 1. The van der Waals surface area contributed by atoms with Crippen LogP contribution in [-0.4, -0.2) is 87.2 Å². The number of nitrogens with zero attached hydrogens (tertiary/aromatic N) is 4. The zero-order chi connectivity index (χ0) is 30.8. The smallest absolute Gasteiger partial charge is 0.258 e. The third-order valence-electron chi connectivity index (χ3n) is 11.6. The Hall–Kier alpha value is -3.66. The van der Waals surface area contributed by atoms with Crippen LogP contribution in [0.5, 0.6) is 5.75 Å². The van der Waals surface area contributed by atoms with E-state index >= 15 is 4.39 Å². The highest BCUT2D eigenvalue weighted by Gasteiger charge is 2.61. The highest BCUT2D eigenvalue weighted by Crippen LogP contribution is 2.53. The van der Waals surface area contributed by atoms with Crippen LogP contribution in [-0.2, 0) is 20.7 Å². The van der Waals surface area contributed by atoms with E-state index in [1.165, 1.54) is 19.3 Å². The van der Waals surface area contributed by atoms with Gasteiger partial charge in [0.15, 0.2) is 5.78 Å². The Morgan fingerprint density at radius 2 is 2.04 bits per heavy atom. The molecule has 1 aromatic carbocycles. The number of imidazole rings is 1. The van der Waals surface area contributed by atoms with Crippen molar-refractivity contribution in [2.75, 3.05) is 20.7 Å². The van der Waals surface area contributed by atoms with E-state index in [0.29, 0.717) is 24.8 Å². The Morgan fingerprint density at radius 1 is 1.18 bits per heavy atom. The number of morpholine rings is 1. The van der Waals surface area contributed by atoms with E-state index in [1.807, 2.05) is 35.2 Å². The molecule has 3 aromatic rings. The van der Waals surface area contributed by atoms with Gasteiger partial charge in [-0.05, 0) is 67.7 Å². The number of hydrogen-bond acceptors (Lipinski definition) is 6. The van der Waals surface area contributed by atoms with Crippen LogP contribution in [0.4, 0.5) is 4.39 Å². The topological polar surface area (TPSA) is 92.7 Å². The maximum atomic E-state index is 16.2. The van der Waals surface area contributed by atoms with Crippen LogP contribution in [0.1, 0.15) is 56.6 Å². The molecule has 2 aliphatic heterocycles. The van der Waals surface area contributed by atoms with E-state index in [-0.39, 0.29) is 41.9 Å². The molecule has 10 heteroatoms. The van der Waals surface area contributed by atoms with Crippen LogP contribution < -0.4 is 4.74 Å². The Kier molecular flexibility index (Phi) is 7.23. The summed E-state index contributed by atoms with van der Waals surface area (Å²) in [5.74, 6) is 0.681. The molecule has 8 rings (SSSR count). The lowest BCUT2D eigenvalue weighted by molar-refractivity contribution is -0.220. The molecule has 238 valence electrons. The minimum Gasteiger partial charge on any atom is -0.497 e. The number of ketones is 1. The monoisotopic (exact) mass is 615 g/mol. The molecule has 2 aromatic heterocycles. The van der Waals surface area contributed by atoms with Crippen molar-refractivity contribution in [1.82, 2.24) is 24.3 Å². The molecular weight excluding hydrogens is 573 g/mol. The number of aromatic nitrogens is 3. The molecule has 3 saturated carbocycles. The molecule has 4 heterocycles. The molecule has 9 unspecified atom stereocenters. The number of nitrogens with one attached hydrogen (secondary N) is 1. The average Bonchev–Trinajstić information content (AvgIpc) is 3.74. The Bertz CT molecular complexity index is 1620. The predicted octanol–water partition coefficient (Wildman–Crippen LogP) is 4.85. The summed E-state index contributed by atoms with van der Waals surface area (Å²) >= 11 is 0. The Morgan fingerprint density at radius 3 is 2.87 bits per heavy atom. The summed E-state index contributed by atoms with van der Waals surface area (Å²) in [6.45, 7) is 0.443. The highest BCUT2D eigenvalue weighted by atomic mass is 19.1. The van der Waals surface area contributed by atoms with Gasteiger partial charge in [0.2, 0.25) is 0 Å². The molecule has 5 aliphatic rings. The van der Waals surface area contributed by atoms with Gasteiger partial charge >= 0.3 is 0 Å². The van der Waals surface area contributed by atoms with Gasteiger partial charge in [0.1, 0.15) is 18.0 Å². The third kappa shape index (κ3) is 4.70. The number of rotatable bonds is 6. The fraction of sp³-hybridized carbons (Fsp3) is 0.571.